The van der Waals surface area contributed by atoms with Crippen molar-refractivity contribution in [1.82, 2.24) is 4.98 Å². The lowest BCUT2D eigenvalue weighted by molar-refractivity contribution is 0.0702. The second-order valence-corrected chi connectivity index (χ2v) is 7.49. The van der Waals surface area contributed by atoms with Crippen LogP contribution in [0.3, 0.4) is 0 Å². The summed E-state index contributed by atoms with van der Waals surface area (Å²) in [6.07, 6.45) is 0. The number of carboxylic acid groups (broad SMARTS) is 1. The smallest absolute Gasteiger partial charge is 0.348 e. The first-order valence-electron chi connectivity index (χ1n) is 9.09. The van der Waals surface area contributed by atoms with Gasteiger partial charge in [0.2, 0.25) is 0 Å². The number of ether oxygens (including phenoxy) is 1. The van der Waals surface area contributed by atoms with Crippen LogP contribution in [0.1, 0.15) is 9.67 Å². The molecule has 0 bridgehead atoms. The molecule has 28 heavy (non-hydrogen) atoms. The number of thiazole rings is 1. The molecule has 1 N–H and O–H groups in total. The van der Waals surface area contributed by atoms with Crippen molar-refractivity contribution in [3.05, 3.63) is 59.5 Å². The number of hydrogen-bond donors (Lipinski definition) is 1. The fourth-order valence-corrected chi connectivity index (χ4v) is 4.31. The molecule has 1 aromatic heterocycles. The highest BCUT2D eigenvalue weighted by Gasteiger charge is 2.24. The van der Waals surface area contributed by atoms with Gasteiger partial charge in [-0.05, 0) is 24.3 Å². The van der Waals surface area contributed by atoms with Gasteiger partial charge in [0.25, 0.3) is 0 Å². The van der Waals surface area contributed by atoms with Crippen molar-refractivity contribution in [3.8, 4) is 17.0 Å². The molecule has 1 fully saturated rings. The summed E-state index contributed by atoms with van der Waals surface area (Å²) in [5.41, 5.74) is 2.54. The van der Waals surface area contributed by atoms with E-state index in [0.29, 0.717) is 10.6 Å². The van der Waals surface area contributed by atoms with Crippen LogP contribution in [0.4, 0.5) is 10.8 Å². The van der Waals surface area contributed by atoms with Crippen molar-refractivity contribution in [3.63, 3.8) is 0 Å². The molecule has 144 valence electrons. The summed E-state index contributed by atoms with van der Waals surface area (Å²) in [6, 6.07) is 17.6. The number of aromatic carboxylic acids is 1. The number of methoxy groups -OCH3 is 1. The van der Waals surface area contributed by atoms with E-state index >= 15 is 0 Å². The first kappa shape index (κ1) is 18.3. The molecule has 7 heteroatoms. The molecule has 6 nitrogen and oxygen atoms in total. The van der Waals surface area contributed by atoms with Crippen LogP contribution in [0.2, 0.25) is 0 Å². The van der Waals surface area contributed by atoms with Crippen molar-refractivity contribution in [2.45, 2.75) is 0 Å². The summed E-state index contributed by atoms with van der Waals surface area (Å²) in [5.74, 6) is -0.0840. The molecule has 0 amide bonds. The molecular weight excluding hydrogens is 374 g/mol. The Hall–Kier alpha value is -3.06. The third-order valence-corrected chi connectivity index (χ3v) is 5.95. The predicted octanol–water partition coefficient (Wildman–Crippen LogP) is 3.84. The Labute approximate surface area is 167 Å². The number of hydrogen-bond acceptors (Lipinski definition) is 6. The maximum atomic E-state index is 11.7. The number of carboxylic acids is 1. The van der Waals surface area contributed by atoms with Crippen molar-refractivity contribution in [1.29, 1.82) is 0 Å². The van der Waals surface area contributed by atoms with Gasteiger partial charge in [-0.2, -0.15) is 0 Å². The normalized spacial score (nSPS) is 14.2. The van der Waals surface area contributed by atoms with Gasteiger partial charge in [-0.3, -0.25) is 0 Å². The summed E-state index contributed by atoms with van der Waals surface area (Å²) in [5, 5.41) is 10.4. The summed E-state index contributed by atoms with van der Waals surface area (Å²) in [4.78, 5) is 21.2. The molecule has 0 atom stereocenters. The zero-order chi connectivity index (χ0) is 19.5. The number of piperazine rings is 1. The van der Waals surface area contributed by atoms with E-state index in [2.05, 4.69) is 26.9 Å². The van der Waals surface area contributed by atoms with Gasteiger partial charge in [-0.1, -0.05) is 41.7 Å². The van der Waals surface area contributed by atoms with Crippen molar-refractivity contribution in [2.24, 2.45) is 0 Å². The third kappa shape index (κ3) is 3.66. The van der Waals surface area contributed by atoms with E-state index in [0.717, 1.165) is 48.3 Å². The second-order valence-electron chi connectivity index (χ2n) is 6.52. The van der Waals surface area contributed by atoms with Gasteiger partial charge < -0.3 is 19.6 Å². The van der Waals surface area contributed by atoms with Crippen LogP contribution < -0.4 is 14.5 Å². The lowest BCUT2D eigenvalue weighted by Gasteiger charge is -2.36. The molecule has 0 radical (unpaired) electrons. The highest BCUT2D eigenvalue weighted by Crippen LogP contribution is 2.34. The Bertz CT molecular complexity index is 949. The Balaban J connectivity index is 1.51. The monoisotopic (exact) mass is 395 g/mol. The minimum absolute atomic E-state index is 0.291. The first-order valence-corrected chi connectivity index (χ1v) is 9.91. The summed E-state index contributed by atoms with van der Waals surface area (Å²) in [7, 11) is 1.66. The largest absolute Gasteiger partial charge is 0.497 e. The molecule has 4 rings (SSSR count). The van der Waals surface area contributed by atoms with E-state index in [4.69, 9.17) is 4.74 Å². The molecule has 2 heterocycles. The number of benzene rings is 2. The Morgan fingerprint density at radius 2 is 1.64 bits per heavy atom. The fraction of sp³-hybridized carbons (Fsp3) is 0.238. The van der Waals surface area contributed by atoms with Gasteiger partial charge in [0.15, 0.2) is 5.13 Å². The third-order valence-electron chi connectivity index (χ3n) is 4.85. The molecular formula is C21H21N3O3S. The number of nitrogens with zero attached hydrogens (tertiary/aromatic N) is 3. The predicted molar refractivity (Wildman–Crippen MR) is 112 cm³/mol. The molecule has 0 unspecified atom stereocenters. The number of rotatable bonds is 5. The van der Waals surface area contributed by atoms with E-state index < -0.39 is 5.97 Å². The molecule has 1 saturated heterocycles. The van der Waals surface area contributed by atoms with Crippen LogP contribution in [-0.4, -0.2) is 49.3 Å². The molecule has 2 aromatic carbocycles. The molecule has 0 aliphatic carbocycles. The fourth-order valence-electron chi connectivity index (χ4n) is 3.33. The van der Waals surface area contributed by atoms with Crippen LogP contribution >= 0.6 is 11.3 Å². The van der Waals surface area contributed by atoms with Crippen molar-refractivity contribution in [2.75, 3.05) is 43.1 Å². The van der Waals surface area contributed by atoms with Crippen LogP contribution in [0.5, 0.6) is 5.75 Å². The van der Waals surface area contributed by atoms with Gasteiger partial charge in [-0.25, -0.2) is 9.78 Å². The maximum Gasteiger partial charge on any atom is 0.348 e. The topological polar surface area (TPSA) is 65.9 Å². The highest BCUT2D eigenvalue weighted by atomic mass is 32.1. The first-order chi connectivity index (χ1) is 13.7. The number of aromatic nitrogens is 1. The standard InChI is InChI=1S/C21H21N3O3S/c1-27-17-9-7-16(8-10-17)23-11-13-24(14-12-23)21-22-18(19(28-21)20(25)26)15-5-3-2-4-6-15/h2-10H,11-14H2,1H3,(H,25,26). The highest BCUT2D eigenvalue weighted by molar-refractivity contribution is 7.17. The zero-order valence-corrected chi connectivity index (χ0v) is 16.4. The van der Waals surface area contributed by atoms with E-state index in [1.54, 1.807) is 7.11 Å². The van der Waals surface area contributed by atoms with E-state index in [-0.39, 0.29) is 0 Å². The molecule has 3 aromatic rings. The Morgan fingerprint density at radius 1 is 1.00 bits per heavy atom. The minimum Gasteiger partial charge on any atom is -0.497 e. The molecule has 1 aliphatic rings. The van der Waals surface area contributed by atoms with Crippen LogP contribution in [-0.2, 0) is 0 Å². The van der Waals surface area contributed by atoms with E-state index in [9.17, 15) is 9.90 Å². The van der Waals surface area contributed by atoms with Gasteiger partial charge in [0.1, 0.15) is 10.6 Å². The van der Waals surface area contributed by atoms with Crippen molar-refractivity contribution >= 4 is 28.1 Å². The number of anilines is 2. The second kappa shape index (κ2) is 7.90. The SMILES string of the molecule is COc1ccc(N2CCN(c3nc(-c4ccccc4)c(C(=O)O)s3)CC2)cc1. The average molecular weight is 395 g/mol. The van der Waals surface area contributed by atoms with Gasteiger partial charge in [0.05, 0.1) is 12.8 Å². The zero-order valence-electron chi connectivity index (χ0n) is 15.5. The van der Waals surface area contributed by atoms with Gasteiger partial charge >= 0.3 is 5.97 Å². The Morgan fingerprint density at radius 3 is 2.25 bits per heavy atom. The van der Waals surface area contributed by atoms with Crippen LogP contribution in [0, 0.1) is 0 Å². The lowest BCUT2D eigenvalue weighted by Crippen LogP contribution is -2.46. The average Bonchev–Trinajstić information content (AvgIpc) is 3.20. The molecule has 0 spiro atoms. The van der Waals surface area contributed by atoms with Gasteiger partial charge in [0, 0.05) is 37.4 Å². The van der Waals surface area contributed by atoms with Gasteiger partial charge in [-0.15, -0.1) is 0 Å². The van der Waals surface area contributed by atoms with Crippen LogP contribution in [0.25, 0.3) is 11.3 Å². The maximum absolute atomic E-state index is 11.7. The molecule has 0 saturated carbocycles. The van der Waals surface area contributed by atoms with E-state index in [1.165, 1.54) is 11.3 Å². The Kier molecular flexibility index (Phi) is 5.16. The summed E-state index contributed by atoms with van der Waals surface area (Å²) in [6.45, 7) is 3.31. The van der Waals surface area contributed by atoms with E-state index in [1.807, 2.05) is 42.5 Å². The summed E-state index contributed by atoms with van der Waals surface area (Å²) < 4.78 is 5.22. The van der Waals surface area contributed by atoms with Crippen LogP contribution in [0.15, 0.2) is 54.6 Å². The summed E-state index contributed by atoms with van der Waals surface area (Å²) >= 11 is 1.25. The minimum atomic E-state index is -0.931. The van der Waals surface area contributed by atoms with Crippen molar-refractivity contribution < 1.29 is 14.6 Å². The quantitative estimate of drug-likeness (QED) is 0.708. The number of carbonyl (C=O) groups is 1. The lowest BCUT2D eigenvalue weighted by atomic mass is 10.1. The molecule has 1 aliphatic heterocycles.